The number of carbonyl (C=O) groups excluding carboxylic acids is 1. The summed E-state index contributed by atoms with van der Waals surface area (Å²) in [5, 5.41) is 2.77. The van der Waals surface area contributed by atoms with E-state index in [9.17, 15) is 9.18 Å². The molecule has 1 aromatic rings. The zero-order valence-electron chi connectivity index (χ0n) is 9.93. The third-order valence-corrected chi connectivity index (χ3v) is 3.31. The number of carbonyl (C=O) groups is 1. The first kappa shape index (κ1) is 13.3. The summed E-state index contributed by atoms with van der Waals surface area (Å²) in [6, 6.07) is 2.65. The lowest BCUT2D eigenvalue weighted by molar-refractivity contribution is -0.121. The van der Waals surface area contributed by atoms with Gasteiger partial charge >= 0.3 is 0 Å². The van der Waals surface area contributed by atoms with Gasteiger partial charge in [0.1, 0.15) is 11.4 Å². The summed E-state index contributed by atoms with van der Waals surface area (Å²) in [4.78, 5) is 12.0. The van der Waals surface area contributed by atoms with Crippen LogP contribution in [0.2, 0.25) is 5.02 Å². The van der Waals surface area contributed by atoms with Crippen LogP contribution in [0.5, 0.6) is 0 Å². The smallest absolute Gasteiger partial charge is 0.246 e. The standard InChI is InChI=1S/C12H14ClFN2O2/c1-7-4-10(8(13)5-9(7)14)16-11(17)12(15)2-3-18-6-12/h4-5H,2-3,6,15H2,1H3,(H,16,17). The van der Waals surface area contributed by atoms with E-state index in [0.717, 1.165) is 0 Å². The number of amides is 1. The van der Waals surface area contributed by atoms with Crippen LogP contribution in [0.4, 0.5) is 10.1 Å². The molecule has 1 atom stereocenters. The summed E-state index contributed by atoms with van der Waals surface area (Å²) in [6.45, 7) is 2.23. The van der Waals surface area contributed by atoms with Crippen molar-refractivity contribution >= 4 is 23.2 Å². The number of anilines is 1. The number of ether oxygens (including phenoxy) is 1. The quantitative estimate of drug-likeness (QED) is 0.863. The Bertz CT molecular complexity index is 487. The minimum absolute atomic E-state index is 0.147. The average molecular weight is 273 g/mol. The Morgan fingerprint density at radius 3 is 2.94 bits per heavy atom. The molecular weight excluding hydrogens is 259 g/mol. The molecule has 1 unspecified atom stereocenters. The van der Waals surface area contributed by atoms with Gasteiger partial charge in [0.05, 0.1) is 17.3 Å². The maximum absolute atomic E-state index is 13.2. The SMILES string of the molecule is Cc1cc(NC(=O)C2(N)CCOC2)c(Cl)cc1F. The van der Waals surface area contributed by atoms with Crippen molar-refractivity contribution in [2.75, 3.05) is 18.5 Å². The molecule has 1 amide bonds. The van der Waals surface area contributed by atoms with E-state index in [4.69, 9.17) is 22.1 Å². The Labute approximate surface area is 109 Å². The predicted octanol–water partition coefficient (Wildman–Crippen LogP) is 1.84. The average Bonchev–Trinajstić information content (AvgIpc) is 2.74. The van der Waals surface area contributed by atoms with E-state index in [0.29, 0.717) is 24.3 Å². The summed E-state index contributed by atoms with van der Waals surface area (Å²) >= 11 is 5.87. The lowest BCUT2D eigenvalue weighted by Crippen LogP contribution is -2.51. The van der Waals surface area contributed by atoms with Crippen LogP contribution in [-0.2, 0) is 9.53 Å². The van der Waals surface area contributed by atoms with E-state index in [1.54, 1.807) is 6.92 Å². The van der Waals surface area contributed by atoms with Gasteiger partial charge in [0.15, 0.2) is 0 Å². The van der Waals surface area contributed by atoms with Crippen LogP contribution in [0.3, 0.4) is 0 Å². The molecule has 0 saturated carbocycles. The molecule has 1 fully saturated rings. The van der Waals surface area contributed by atoms with Gasteiger partial charge in [-0.15, -0.1) is 0 Å². The van der Waals surface area contributed by atoms with Crippen LogP contribution in [0.15, 0.2) is 12.1 Å². The van der Waals surface area contributed by atoms with Crippen molar-refractivity contribution in [2.45, 2.75) is 18.9 Å². The summed E-state index contributed by atoms with van der Waals surface area (Å²) in [6.07, 6.45) is 0.455. The Kier molecular flexibility index (Phi) is 3.56. The van der Waals surface area contributed by atoms with Crippen molar-refractivity contribution in [1.82, 2.24) is 0 Å². The van der Waals surface area contributed by atoms with Crippen LogP contribution < -0.4 is 11.1 Å². The van der Waals surface area contributed by atoms with Crippen LogP contribution >= 0.6 is 11.6 Å². The molecule has 1 aromatic carbocycles. The lowest BCUT2D eigenvalue weighted by Gasteiger charge is -2.21. The zero-order valence-corrected chi connectivity index (χ0v) is 10.7. The Morgan fingerprint density at radius 1 is 1.61 bits per heavy atom. The van der Waals surface area contributed by atoms with Gasteiger partial charge in [0.25, 0.3) is 0 Å². The van der Waals surface area contributed by atoms with E-state index < -0.39 is 11.4 Å². The highest BCUT2D eigenvalue weighted by molar-refractivity contribution is 6.33. The number of rotatable bonds is 2. The number of nitrogens with one attached hydrogen (secondary N) is 1. The zero-order chi connectivity index (χ0) is 13.3. The summed E-state index contributed by atoms with van der Waals surface area (Å²) in [5.74, 6) is -0.780. The highest BCUT2D eigenvalue weighted by atomic mass is 35.5. The summed E-state index contributed by atoms with van der Waals surface area (Å²) in [5.41, 5.74) is 5.64. The Hall–Kier alpha value is -1.17. The molecule has 0 spiro atoms. The number of benzene rings is 1. The molecule has 1 aliphatic heterocycles. The number of hydrogen-bond donors (Lipinski definition) is 2. The second kappa shape index (κ2) is 4.84. The highest BCUT2D eigenvalue weighted by Crippen LogP contribution is 2.27. The molecule has 0 aromatic heterocycles. The Morgan fingerprint density at radius 2 is 2.33 bits per heavy atom. The van der Waals surface area contributed by atoms with E-state index in [1.807, 2.05) is 0 Å². The van der Waals surface area contributed by atoms with Crippen LogP contribution in [0.1, 0.15) is 12.0 Å². The van der Waals surface area contributed by atoms with Crippen molar-refractivity contribution < 1.29 is 13.9 Å². The van der Waals surface area contributed by atoms with Gasteiger partial charge in [-0.05, 0) is 31.0 Å². The minimum Gasteiger partial charge on any atom is -0.379 e. The molecule has 0 aliphatic carbocycles. The number of nitrogens with two attached hydrogens (primary N) is 1. The van der Waals surface area contributed by atoms with E-state index in [2.05, 4.69) is 5.32 Å². The van der Waals surface area contributed by atoms with Gasteiger partial charge in [0.2, 0.25) is 5.91 Å². The second-order valence-corrected chi connectivity index (χ2v) is 4.90. The van der Waals surface area contributed by atoms with Crippen LogP contribution in [-0.4, -0.2) is 24.7 Å². The molecule has 2 rings (SSSR count). The fourth-order valence-corrected chi connectivity index (χ4v) is 1.96. The number of hydrogen-bond acceptors (Lipinski definition) is 3. The third-order valence-electron chi connectivity index (χ3n) is 3.00. The topological polar surface area (TPSA) is 64.4 Å². The fraction of sp³-hybridized carbons (Fsp3) is 0.417. The van der Waals surface area contributed by atoms with E-state index >= 15 is 0 Å². The maximum atomic E-state index is 13.2. The van der Waals surface area contributed by atoms with Crippen LogP contribution in [0, 0.1) is 12.7 Å². The molecule has 1 heterocycles. The number of halogens is 2. The van der Waals surface area contributed by atoms with Gasteiger partial charge in [0, 0.05) is 6.61 Å². The Balaban J connectivity index is 2.19. The summed E-state index contributed by atoms with van der Waals surface area (Å²) in [7, 11) is 0. The molecule has 6 heteroatoms. The van der Waals surface area contributed by atoms with Crippen molar-refractivity contribution in [3.8, 4) is 0 Å². The first-order valence-electron chi connectivity index (χ1n) is 5.56. The molecule has 1 saturated heterocycles. The van der Waals surface area contributed by atoms with Gasteiger partial charge in [-0.2, -0.15) is 0 Å². The third kappa shape index (κ3) is 2.48. The molecule has 1 aliphatic rings. The molecule has 3 N–H and O–H groups in total. The van der Waals surface area contributed by atoms with Gasteiger partial charge < -0.3 is 15.8 Å². The molecule has 4 nitrogen and oxygen atoms in total. The fourth-order valence-electron chi connectivity index (χ4n) is 1.76. The number of aryl methyl sites for hydroxylation is 1. The molecule has 18 heavy (non-hydrogen) atoms. The van der Waals surface area contributed by atoms with Gasteiger partial charge in [-0.1, -0.05) is 11.6 Å². The van der Waals surface area contributed by atoms with Crippen molar-refractivity contribution in [3.05, 3.63) is 28.5 Å². The van der Waals surface area contributed by atoms with Crippen molar-refractivity contribution in [2.24, 2.45) is 5.73 Å². The first-order chi connectivity index (χ1) is 8.42. The first-order valence-corrected chi connectivity index (χ1v) is 5.94. The molecule has 98 valence electrons. The van der Waals surface area contributed by atoms with Crippen molar-refractivity contribution in [1.29, 1.82) is 0 Å². The maximum Gasteiger partial charge on any atom is 0.246 e. The normalized spacial score (nSPS) is 23.1. The van der Waals surface area contributed by atoms with Gasteiger partial charge in [-0.25, -0.2) is 4.39 Å². The molecular formula is C12H14ClFN2O2. The second-order valence-electron chi connectivity index (χ2n) is 4.49. The molecule has 0 radical (unpaired) electrons. The van der Waals surface area contributed by atoms with Crippen molar-refractivity contribution in [3.63, 3.8) is 0 Å². The predicted molar refractivity (Wildman–Crippen MR) is 67.1 cm³/mol. The minimum atomic E-state index is -1.04. The largest absolute Gasteiger partial charge is 0.379 e. The van der Waals surface area contributed by atoms with E-state index in [-0.39, 0.29) is 17.5 Å². The lowest BCUT2D eigenvalue weighted by atomic mass is 9.99. The van der Waals surface area contributed by atoms with E-state index in [1.165, 1.54) is 12.1 Å². The highest BCUT2D eigenvalue weighted by Gasteiger charge is 2.38. The molecule has 0 bridgehead atoms. The summed E-state index contributed by atoms with van der Waals surface area (Å²) < 4.78 is 18.3. The van der Waals surface area contributed by atoms with Gasteiger partial charge in [-0.3, -0.25) is 4.79 Å². The van der Waals surface area contributed by atoms with Crippen LogP contribution in [0.25, 0.3) is 0 Å². The monoisotopic (exact) mass is 272 g/mol.